The molecule has 0 radical (unpaired) electrons. The zero-order valence-corrected chi connectivity index (χ0v) is 16.3. The predicted octanol–water partition coefficient (Wildman–Crippen LogP) is 2.58. The van der Waals surface area contributed by atoms with E-state index >= 15 is 0 Å². The third-order valence-corrected chi connectivity index (χ3v) is 4.52. The number of nitrogens with one attached hydrogen (secondary N) is 2. The summed E-state index contributed by atoms with van der Waals surface area (Å²) >= 11 is 5.98. The van der Waals surface area contributed by atoms with E-state index in [-0.39, 0.29) is 17.5 Å². The molecule has 28 heavy (non-hydrogen) atoms. The molecule has 1 atom stereocenters. The van der Waals surface area contributed by atoms with Crippen LogP contribution >= 0.6 is 11.6 Å². The van der Waals surface area contributed by atoms with Gasteiger partial charge in [0.25, 0.3) is 11.8 Å². The summed E-state index contributed by atoms with van der Waals surface area (Å²) in [4.78, 5) is 32.4. The normalized spacial score (nSPS) is 15.1. The average Bonchev–Trinajstić information content (AvgIpc) is 2.67. The molecular formula is C20H21ClN4O3. The molecular weight excluding hydrogens is 380 g/mol. The Kier molecular flexibility index (Phi) is 6.26. The van der Waals surface area contributed by atoms with E-state index in [0.29, 0.717) is 42.3 Å². The number of ether oxygens (including phenoxy) is 1. The number of carbonyl (C=O) groups excluding carboxylic acids is 2. The first-order chi connectivity index (χ1) is 13.4. The van der Waals surface area contributed by atoms with Gasteiger partial charge >= 0.3 is 0 Å². The van der Waals surface area contributed by atoms with Crippen LogP contribution in [0.2, 0.25) is 5.02 Å². The fraction of sp³-hybridized carbons (Fsp3) is 0.300. The van der Waals surface area contributed by atoms with Crippen LogP contribution in [0.1, 0.15) is 34.6 Å². The maximum atomic E-state index is 12.4. The summed E-state index contributed by atoms with van der Waals surface area (Å²) in [5, 5.41) is 6.12. The molecule has 8 heteroatoms. The number of aryl methyl sites for hydroxylation is 2. The van der Waals surface area contributed by atoms with Crippen LogP contribution in [0.5, 0.6) is 5.75 Å². The van der Waals surface area contributed by atoms with Crippen LogP contribution in [0.15, 0.2) is 42.9 Å². The molecule has 1 aliphatic rings. The van der Waals surface area contributed by atoms with Gasteiger partial charge < -0.3 is 15.4 Å². The van der Waals surface area contributed by atoms with Crippen molar-refractivity contribution in [1.29, 1.82) is 0 Å². The van der Waals surface area contributed by atoms with Gasteiger partial charge in [-0.3, -0.25) is 14.6 Å². The van der Waals surface area contributed by atoms with Crippen LogP contribution in [0.4, 0.5) is 0 Å². The minimum Gasteiger partial charge on any atom is -0.480 e. The number of rotatable bonds is 6. The van der Waals surface area contributed by atoms with Crippen molar-refractivity contribution >= 4 is 23.4 Å². The predicted molar refractivity (Wildman–Crippen MR) is 105 cm³/mol. The van der Waals surface area contributed by atoms with Gasteiger partial charge in [-0.2, -0.15) is 0 Å². The Balaban J connectivity index is 1.43. The third-order valence-electron chi connectivity index (χ3n) is 4.29. The Morgan fingerprint density at radius 1 is 1.32 bits per heavy atom. The quantitative estimate of drug-likeness (QED) is 0.777. The number of halogens is 1. The first kappa shape index (κ1) is 19.8. The second kappa shape index (κ2) is 8.84. The molecule has 0 aliphatic carbocycles. The first-order valence-electron chi connectivity index (χ1n) is 8.93. The fourth-order valence-electron chi connectivity index (χ4n) is 2.79. The van der Waals surface area contributed by atoms with Gasteiger partial charge in [0.15, 0.2) is 6.10 Å². The van der Waals surface area contributed by atoms with E-state index < -0.39 is 6.10 Å². The molecule has 0 bridgehead atoms. The highest BCUT2D eigenvalue weighted by Gasteiger charge is 2.26. The molecule has 0 spiro atoms. The number of fused-ring (bicyclic) bond motifs is 1. The summed E-state index contributed by atoms with van der Waals surface area (Å²) in [7, 11) is 0. The smallest absolute Gasteiger partial charge is 0.271 e. The maximum absolute atomic E-state index is 12.4. The monoisotopic (exact) mass is 400 g/mol. The zero-order chi connectivity index (χ0) is 20.1. The molecule has 2 heterocycles. The SMILES string of the molecule is C=C(CCNC(=O)c1cnc(C)cn1)NC(=O)[C@H]1CCc2cc(Cl)ccc2O1. The van der Waals surface area contributed by atoms with Crippen LogP contribution < -0.4 is 15.4 Å². The molecule has 3 rings (SSSR count). The zero-order valence-electron chi connectivity index (χ0n) is 15.5. The van der Waals surface area contributed by atoms with Gasteiger partial charge in [0.05, 0.1) is 11.9 Å². The molecule has 2 aromatic rings. The van der Waals surface area contributed by atoms with Gasteiger partial charge in [0.2, 0.25) is 0 Å². The highest BCUT2D eigenvalue weighted by molar-refractivity contribution is 6.30. The Hall–Kier alpha value is -2.93. The largest absolute Gasteiger partial charge is 0.480 e. The molecule has 2 amide bonds. The Labute approximate surface area is 168 Å². The van der Waals surface area contributed by atoms with E-state index in [4.69, 9.17) is 16.3 Å². The van der Waals surface area contributed by atoms with E-state index in [1.165, 1.54) is 12.4 Å². The summed E-state index contributed by atoms with van der Waals surface area (Å²) in [6.07, 6.45) is 4.05. The minimum atomic E-state index is -0.581. The molecule has 1 aromatic carbocycles. The van der Waals surface area contributed by atoms with Gasteiger partial charge in [-0.25, -0.2) is 4.98 Å². The van der Waals surface area contributed by atoms with Crippen molar-refractivity contribution in [2.75, 3.05) is 6.54 Å². The van der Waals surface area contributed by atoms with Crippen LogP contribution in [0.25, 0.3) is 0 Å². The van der Waals surface area contributed by atoms with E-state index in [2.05, 4.69) is 27.2 Å². The maximum Gasteiger partial charge on any atom is 0.271 e. The average molecular weight is 401 g/mol. The van der Waals surface area contributed by atoms with E-state index in [0.717, 1.165) is 11.3 Å². The standard InChI is InChI=1S/C20H21ClN4O3/c1-12(7-8-22-19(26)16-11-23-13(2)10-24-16)25-20(27)18-5-3-14-9-15(21)4-6-17(14)28-18/h4,6,9-11,18H,1,3,5,7-8H2,2H3,(H,22,26)(H,25,27)/t18-/m1/s1. The summed E-state index contributed by atoms with van der Waals surface area (Å²) in [6, 6.07) is 5.36. The third kappa shape index (κ3) is 5.07. The van der Waals surface area contributed by atoms with Gasteiger partial charge in [-0.1, -0.05) is 18.2 Å². The van der Waals surface area contributed by atoms with Gasteiger partial charge in [0, 0.05) is 29.9 Å². The van der Waals surface area contributed by atoms with Crippen molar-refractivity contribution < 1.29 is 14.3 Å². The number of hydrogen-bond donors (Lipinski definition) is 2. The second-order valence-corrected chi connectivity index (χ2v) is 6.98. The van der Waals surface area contributed by atoms with Crippen molar-refractivity contribution in [3.05, 3.63) is 64.8 Å². The Bertz CT molecular complexity index is 899. The molecule has 146 valence electrons. The van der Waals surface area contributed by atoms with E-state index in [1.54, 1.807) is 19.1 Å². The van der Waals surface area contributed by atoms with Crippen molar-refractivity contribution in [2.24, 2.45) is 0 Å². The fourth-order valence-corrected chi connectivity index (χ4v) is 2.98. The number of hydrogen-bond acceptors (Lipinski definition) is 5. The number of amides is 2. The summed E-state index contributed by atoms with van der Waals surface area (Å²) < 4.78 is 5.76. The van der Waals surface area contributed by atoms with Crippen molar-refractivity contribution in [3.8, 4) is 5.75 Å². The number of benzene rings is 1. The molecule has 7 nitrogen and oxygen atoms in total. The molecule has 0 saturated carbocycles. The molecule has 2 N–H and O–H groups in total. The molecule has 0 saturated heterocycles. The number of nitrogens with zero attached hydrogens (tertiary/aromatic N) is 2. The number of aromatic nitrogens is 2. The lowest BCUT2D eigenvalue weighted by Crippen LogP contribution is -2.40. The summed E-state index contributed by atoms with van der Waals surface area (Å²) in [6.45, 7) is 5.96. The lowest BCUT2D eigenvalue weighted by Gasteiger charge is -2.25. The van der Waals surface area contributed by atoms with E-state index in [9.17, 15) is 9.59 Å². The molecule has 0 unspecified atom stereocenters. The lowest BCUT2D eigenvalue weighted by molar-refractivity contribution is -0.127. The van der Waals surface area contributed by atoms with Crippen LogP contribution in [0, 0.1) is 6.92 Å². The lowest BCUT2D eigenvalue weighted by atomic mass is 10.0. The van der Waals surface area contributed by atoms with Crippen LogP contribution in [-0.2, 0) is 11.2 Å². The van der Waals surface area contributed by atoms with Crippen molar-refractivity contribution in [3.63, 3.8) is 0 Å². The highest BCUT2D eigenvalue weighted by Crippen LogP contribution is 2.30. The summed E-state index contributed by atoms with van der Waals surface area (Å²) in [5.74, 6) is 0.103. The highest BCUT2D eigenvalue weighted by atomic mass is 35.5. The summed E-state index contributed by atoms with van der Waals surface area (Å²) in [5.41, 5.74) is 2.49. The van der Waals surface area contributed by atoms with Crippen molar-refractivity contribution in [2.45, 2.75) is 32.3 Å². The van der Waals surface area contributed by atoms with Crippen LogP contribution in [0.3, 0.4) is 0 Å². The van der Waals surface area contributed by atoms with Gasteiger partial charge in [0.1, 0.15) is 11.4 Å². The Morgan fingerprint density at radius 2 is 2.14 bits per heavy atom. The second-order valence-electron chi connectivity index (χ2n) is 6.54. The van der Waals surface area contributed by atoms with E-state index in [1.807, 2.05) is 6.07 Å². The number of carbonyl (C=O) groups is 2. The molecule has 1 aromatic heterocycles. The molecule has 0 fully saturated rings. The van der Waals surface area contributed by atoms with Gasteiger partial charge in [-0.15, -0.1) is 0 Å². The minimum absolute atomic E-state index is 0.245. The van der Waals surface area contributed by atoms with Crippen molar-refractivity contribution in [1.82, 2.24) is 20.6 Å². The Morgan fingerprint density at radius 3 is 2.89 bits per heavy atom. The first-order valence-corrected chi connectivity index (χ1v) is 9.31. The van der Waals surface area contributed by atoms with Crippen LogP contribution in [-0.4, -0.2) is 34.4 Å². The molecule has 1 aliphatic heterocycles. The van der Waals surface area contributed by atoms with Gasteiger partial charge in [-0.05, 0) is 43.5 Å². The topological polar surface area (TPSA) is 93.2 Å².